The van der Waals surface area contributed by atoms with Crippen molar-refractivity contribution in [2.24, 2.45) is 0 Å². The third-order valence-corrected chi connectivity index (χ3v) is 14.2. The van der Waals surface area contributed by atoms with Crippen molar-refractivity contribution in [3.8, 4) is 55.6 Å². The lowest BCUT2D eigenvalue weighted by Crippen LogP contribution is -2.16. The van der Waals surface area contributed by atoms with Crippen LogP contribution in [0.5, 0.6) is 0 Å². The van der Waals surface area contributed by atoms with E-state index in [1.54, 1.807) is 0 Å². The Labute approximate surface area is 349 Å². The first-order valence-electron chi connectivity index (χ1n) is 21.2. The molecule has 11 rings (SSSR count). The fraction of sp³-hybridized carbons (Fsp3) is 0.172. The molecule has 0 N–H and O–H groups in total. The zero-order valence-electron chi connectivity index (χ0n) is 35.1. The van der Waals surface area contributed by atoms with Gasteiger partial charge in [0.05, 0.1) is 0 Å². The molecule has 1 nitrogen and oxygen atoms in total. The highest BCUT2D eigenvalue weighted by molar-refractivity contribution is 5.88. The maximum atomic E-state index is 2.44. The predicted octanol–water partition coefficient (Wildman–Crippen LogP) is 15.7. The molecule has 0 saturated heterocycles. The third kappa shape index (κ3) is 5.23. The molecule has 286 valence electrons. The monoisotopic (exact) mass is 759 g/mol. The standard InChI is InChI=1S/C58H49N/c1-36-16-28-46-49-31-27-43(35-55(49)58(6,7)52(46)32-36)59(41-23-17-37(18-24-41)39-21-29-47-44-12-8-10-14-50(44)56(2,3)53(47)33-39)42-25-19-38(20-26-42)40-22-30-48-45-13-9-11-15-51(45)57(4,5)54(48)34-40/h8-35H,1-7H3. The highest BCUT2D eigenvalue weighted by Crippen LogP contribution is 2.53. The topological polar surface area (TPSA) is 3.24 Å². The number of nitrogens with zero attached hydrogens (tertiary/aromatic N) is 1. The Hall–Kier alpha value is -6.44. The molecule has 0 heterocycles. The molecule has 0 unspecified atom stereocenters. The molecule has 3 aliphatic rings. The molecule has 0 atom stereocenters. The van der Waals surface area contributed by atoms with Crippen LogP contribution in [0.15, 0.2) is 170 Å². The van der Waals surface area contributed by atoms with Gasteiger partial charge in [0.15, 0.2) is 0 Å². The molecule has 59 heavy (non-hydrogen) atoms. The number of fused-ring (bicyclic) bond motifs is 9. The van der Waals surface area contributed by atoms with Crippen molar-refractivity contribution >= 4 is 17.1 Å². The Morgan fingerprint density at radius 2 is 0.627 bits per heavy atom. The van der Waals surface area contributed by atoms with E-state index in [1.165, 1.54) is 94.6 Å². The number of hydrogen-bond acceptors (Lipinski definition) is 1. The van der Waals surface area contributed by atoms with E-state index in [2.05, 4.69) is 223 Å². The Balaban J connectivity index is 0.986. The average molecular weight is 760 g/mol. The lowest BCUT2D eigenvalue weighted by atomic mass is 9.81. The lowest BCUT2D eigenvalue weighted by Gasteiger charge is -2.28. The minimum absolute atomic E-state index is 0.0362. The normalized spacial score (nSPS) is 15.4. The quantitative estimate of drug-likeness (QED) is 0.169. The Morgan fingerprint density at radius 3 is 1.12 bits per heavy atom. The largest absolute Gasteiger partial charge is 0.310 e. The zero-order chi connectivity index (χ0) is 40.4. The molecule has 0 bridgehead atoms. The molecule has 0 saturated carbocycles. The van der Waals surface area contributed by atoms with Crippen LogP contribution in [0.25, 0.3) is 55.6 Å². The molecule has 0 aliphatic heterocycles. The van der Waals surface area contributed by atoms with Gasteiger partial charge in [0, 0.05) is 33.3 Å². The molecule has 8 aromatic rings. The fourth-order valence-corrected chi connectivity index (χ4v) is 10.8. The van der Waals surface area contributed by atoms with Crippen molar-refractivity contribution in [3.63, 3.8) is 0 Å². The first-order valence-corrected chi connectivity index (χ1v) is 21.2. The summed E-state index contributed by atoms with van der Waals surface area (Å²) >= 11 is 0. The summed E-state index contributed by atoms with van der Waals surface area (Å²) in [6, 6.07) is 64.3. The van der Waals surface area contributed by atoms with Crippen molar-refractivity contribution < 1.29 is 0 Å². The van der Waals surface area contributed by atoms with Crippen LogP contribution in [0.2, 0.25) is 0 Å². The second-order valence-electron chi connectivity index (χ2n) is 18.7. The van der Waals surface area contributed by atoms with E-state index in [0.717, 1.165) is 17.1 Å². The maximum Gasteiger partial charge on any atom is 0.0465 e. The van der Waals surface area contributed by atoms with Gasteiger partial charge < -0.3 is 4.90 Å². The van der Waals surface area contributed by atoms with Crippen LogP contribution < -0.4 is 4.90 Å². The van der Waals surface area contributed by atoms with Crippen molar-refractivity contribution in [1.82, 2.24) is 0 Å². The molecule has 0 fully saturated rings. The number of aryl methyl sites for hydroxylation is 1. The van der Waals surface area contributed by atoms with Crippen molar-refractivity contribution in [1.29, 1.82) is 0 Å². The highest BCUT2D eigenvalue weighted by Gasteiger charge is 2.38. The van der Waals surface area contributed by atoms with Crippen LogP contribution in [0.1, 0.15) is 80.5 Å². The van der Waals surface area contributed by atoms with E-state index < -0.39 is 0 Å². The SMILES string of the molecule is Cc1ccc2c(c1)C(C)(C)c1cc(N(c3ccc(-c4ccc5c(c4)C(C)(C)c4ccccc4-5)cc3)c3ccc(-c4ccc5c(c4)C(C)(C)c4ccccc4-5)cc3)ccc1-2. The van der Waals surface area contributed by atoms with E-state index in [0.29, 0.717) is 0 Å². The van der Waals surface area contributed by atoms with Gasteiger partial charge in [0.25, 0.3) is 0 Å². The number of benzene rings is 8. The number of hydrogen-bond donors (Lipinski definition) is 0. The Morgan fingerprint density at radius 1 is 0.288 bits per heavy atom. The summed E-state index contributed by atoms with van der Waals surface area (Å²) in [5.41, 5.74) is 26.0. The van der Waals surface area contributed by atoms with Crippen LogP contribution in [0, 0.1) is 6.92 Å². The van der Waals surface area contributed by atoms with Crippen molar-refractivity contribution in [3.05, 3.63) is 209 Å². The van der Waals surface area contributed by atoms with Gasteiger partial charge in [0.1, 0.15) is 0 Å². The lowest BCUT2D eigenvalue weighted by molar-refractivity contribution is 0.660. The summed E-state index contributed by atoms with van der Waals surface area (Å²) < 4.78 is 0. The summed E-state index contributed by atoms with van der Waals surface area (Å²) in [5, 5.41) is 0. The van der Waals surface area contributed by atoms with E-state index >= 15 is 0 Å². The molecule has 1 heteroatoms. The summed E-state index contributed by atoms with van der Waals surface area (Å²) in [6.07, 6.45) is 0. The van der Waals surface area contributed by atoms with Gasteiger partial charge in [-0.2, -0.15) is 0 Å². The van der Waals surface area contributed by atoms with Gasteiger partial charge in [-0.3, -0.25) is 0 Å². The van der Waals surface area contributed by atoms with Gasteiger partial charge in [-0.05, 0) is 144 Å². The minimum atomic E-state index is -0.103. The molecule has 8 aromatic carbocycles. The van der Waals surface area contributed by atoms with Crippen LogP contribution in [-0.2, 0) is 16.2 Å². The van der Waals surface area contributed by atoms with Gasteiger partial charge in [-0.15, -0.1) is 0 Å². The summed E-state index contributed by atoms with van der Waals surface area (Å²) in [4.78, 5) is 2.43. The second-order valence-corrected chi connectivity index (χ2v) is 18.7. The Kier molecular flexibility index (Phi) is 7.58. The zero-order valence-corrected chi connectivity index (χ0v) is 35.1. The third-order valence-electron chi connectivity index (χ3n) is 14.2. The molecular weight excluding hydrogens is 711 g/mol. The molecule has 0 radical (unpaired) electrons. The number of rotatable bonds is 5. The number of anilines is 3. The van der Waals surface area contributed by atoms with Crippen molar-refractivity contribution in [2.75, 3.05) is 4.90 Å². The van der Waals surface area contributed by atoms with E-state index in [4.69, 9.17) is 0 Å². The predicted molar refractivity (Wildman–Crippen MR) is 249 cm³/mol. The summed E-state index contributed by atoms with van der Waals surface area (Å²) in [5.74, 6) is 0. The van der Waals surface area contributed by atoms with Crippen LogP contribution in [-0.4, -0.2) is 0 Å². The fourth-order valence-electron chi connectivity index (χ4n) is 10.8. The van der Waals surface area contributed by atoms with Gasteiger partial charge in [-0.1, -0.05) is 168 Å². The van der Waals surface area contributed by atoms with Gasteiger partial charge >= 0.3 is 0 Å². The molecule has 3 aliphatic carbocycles. The van der Waals surface area contributed by atoms with Crippen LogP contribution in [0.3, 0.4) is 0 Å². The van der Waals surface area contributed by atoms with Crippen LogP contribution in [0.4, 0.5) is 17.1 Å². The minimum Gasteiger partial charge on any atom is -0.310 e. The van der Waals surface area contributed by atoms with Gasteiger partial charge in [-0.25, -0.2) is 0 Å². The molecule has 0 aromatic heterocycles. The maximum absolute atomic E-state index is 2.44. The summed E-state index contributed by atoms with van der Waals surface area (Å²) in [6.45, 7) is 16.4. The van der Waals surface area contributed by atoms with Crippen LogP contribution >= 0.6 is 0 Å². The molecule has 0 spiro atoms. The first kappa shape index (κ1) is 35.7. The Bertz CT molecular complexity index is 2860. The first-order chi connectivity index (χ1) is 28.4. The van der Waals surface area contributed by atoms with E-state index in [1.807, 2.05) is 0 Å². The van der Waals surface area contributed by atoms with E-state index in [-0.39, 0.29) is 16.2 Å². The smallest absolute Gasteiger partial charge is 0.0465 e. The molecule has 0 amide bonds. The second kappa shape index (κ2) is 12.5. The summed E-state index contributed by atoms with van der Waals surface area (Å²) in [7, 11) is 0. The van der Waals surface area contributed by atoms with Gasteiger partial charge in [0.2, 0.25) is 0 Å². The van der Waals surface area contributed by atoms with E-state index in [9.17, 15) is 0 Å². The van der Waals surface area contributed by atoms with Crippen molar-refractivity contribution in [2.45, 2.75) is 64.7 Å². The average Bonchev–Trinajstić information content (AvgIpc) is 3.73. The molecular formula is C58H49N. The highest BCUT2D eigenvalue weighted by atomic mass is 15.1.